The summed E-state index contributed by atoms with van der Waals surface area (Å²) in [4.78, 5) is 25.5. The number of benzene rings is 1. The van der Waals surface area contributed by atoms with Gasteiger partial charge in [-0.3, -0.25) is 9.69 Å². The number of rotatable bonds is 5. The highest BCUT2D eigenvalue weighted by atomic mass is 19.4. The number of carbonyl (C=O) groups is 2. The number of aliphatic carboxylic acids is 1. The van der Waals surface area contributed by atoms with Crippen LogP contribution in [0.4, 0.5) is 22.0 Å². The maximum absolute atomic E-state index is 14.7. The molecule has 36 heavy (non-hydrogen) atoms. The zero-order chi connectivity index (χ0) is 26.6. The van der Waals surface area contributed by atoms with Crippen LogP contribution in [0.3, 0.4) is 0 Å². The molecule has 2 fully saturated rings. The molecule has 1 spiro atoms. The fourth-order valence-corrected chi connectivity index (χ4v) is 4.85. The number of hydrogen-bond acceptors (Lipinski definition) is 6. The Bertz CT molecular complexity index is 944. The number of nitrogens with zero attached hydrogens (tertiary/aromatic N) is 2. The van der Waals surface area contributed by atoms with Gasteiger partial charge in [-0.1, -0.05) is 6.07 Å². The Morgan fingerprint density at radius 2 is 1.83 bits per heavy atom. The van der Waals surface area contributed by atoms with Crippen molar-refractivity contribution < 1.29 is 50.9 Å². The van der Waals surface area contributed by atoms with Crippen LogP contribution in [0.25, 0.3) is 0 Å². The number of halogens is 5. The van der Waals surface area contributed by atoms with E-state index < -0.39 is 23.5 Å². The summed E-state index contributed by atoms with van der Waals surface area (Å²) in [5, 5.41) is 7.12. The van der Waals surface area contributed by atoms with E-state index in [0.29, 0.717) is 63.9 Å². The first kappa shape index (κ1) is 27.9. The van der Waals surface area contributed by atoms with Gasteiger partial charge < -0.3 is 24.2 Å². The molecule has 202 valence electrons. The zero-order valence-corrected chi connectivity index (χ0v) is 19.8. The van der Waals surface area contributed by atoms with Gasteiger partial charge in [0.25, 0.3) is 5.92 Å². The standard InChI is InChI=1S/C21H28F2N2O4.C2HF3O2/c1-27-8-7-25-6-2-5-20(19(25)26)13-21(22,23)15-24(14-20)12-16-3-4-17-18(11-16)29-10-9-28-17;3-2(4,5)1(6)7/h3-4,11H,2,5-10,12-15H2,1H3;(H,6,7). The van der Waals surface area contributed by atoms with E-state index in [1.165, 1.54) is 0 Å². The van der Waals surface area contributed by atoms with Crippen molar-refractivity contribution in [1.29, 1.82) is 0 Å². The lowest BCUT2D eigenvalue weighted by Crippen LogP contribution is -2.61. The van der Waals surface area contributed by atoms with Gasteiger partial charge in [0, 0.05) is 39.7 Å². The minimum absolute atomic E-state index is 0.160. The summed E-state index contributed by atoms with van der Waals surface area (Å²) >= 11 is 0. The van der Waals surface area contributed by atoms with Crippen LogP contribution in [0.5, 0.6) is 11.5 Å². The summed E-state index contributed by atoms with van der Waals surface area (Å²) in [7, 11) is 1.58. The molecule has 1 aromatic carbocycles. The number of carbonyl (C=O) groups excluding carboxylic acids is 1. The molecule has 13 heteroatoms. The van der Waals surface area contributed by atoms with Crippen LogP contribution < -0.4 is 9.47 Å². The second-order valence-corrected chi connectivity index (χ2v) is 9.13. The molecule has 1 unspecified atom stereocenters. The lowest BCUT2D eigenvalue weighted by atomic mass is 9.71. The Morgan fingerprint density at radius 1 is 1.17 bits per heavy atom. The van der Waals surface area contributed by atoms with Gasteiger partial charge in [-0.05, 0) is 30.5 Å². The van der Waals surface area contributed by atoms with Crippen molar-refractivity contribution in [2.24, 2.45) is 5.41 Å². The molecule has 1 amide bonds. The van der Waals surface area contributed by atoms with Crippen LogP contribution in [-0.2, 0) is 20.9 Å². The van der Waals surface area contributed by atoms with Crippen molar-refractivity contribution in [3.8, 4) is 11.5 Å². The minimum Gasteiger partial charge on any atom is -0.486 e. The number of alkyl halides is 5. The maximum atomic E-state index is 14.7. The van der Waals surface area contributed by atoms with Crippen LogP contribution in [0.2, 0.25) is 0 Å². The molecule has 1 atom stereocenters. The highest BCUT2D eigenvalue weighted by Gasteiger charge is 2.55. The van der Waals surface area contributed by atoms with E-state index in [0.717, 1.165) is 12.0 Å². The third kappa shape index (κ3) is 6.96. The van der Waals surface area contributed by atoms with Gasteiger partial charge in [-0.15, -0.1) is 0 Å². The molecule has 0 saturated carbocycles. The number of likely N-dealkylation sites (tertiary alicyclic amines) is 2. The quantitative estimate of drug-likeness (QED) is 0.592. The fraction of sp³-hybridized carbons (Fsp3) is 0.652. The predicted octanol–water partition coefficient (Wildman–Crippen LogP) is 3.19. The third-order valence-corrected chi connectivity index (χ3v) is 6.22. The molecule has 2 saturated heterocycles. The van der Waals surface area contributed by atoms with Crippen molar-refractivity contribution >= 4 is 11.9 Å². The maximum Gasteiger partial charge on any atom is 0.490 e. The number of methoxy groups -OCH3 is 1. The summed E-state index contributed by atoms with van der Waals surface area (Å²) in [5.74, 6) is -4.49. The van der Waals surface area contributed by atoms with Crippen LogP contribution in [0.1, 0.15) is 24.8 Å². The normalized spacial score (nSPS) is 23.7. The predicted molar refractivity (Wildman–Crippen MR) is 116 cm³/mol. The van der Waals surface area contributed by atoms with E-state index in [-0.39, 0.29) is 18.9 Å². The molecule has 3 heterocycles. The highest BCUT2D eigenvalue weighted by molar-refractivity contribution is 5.84. The zero-order valence-electron chi connectivity index (χ0n) is 19.8. The molecule has 4 rings (SSSR count). The second-order valence-electron chi connectivity index (χ2n) is 9.13. The summed E-state index contributed by atoms with van der Waals surface area (Å²) in [6, 6.07) is 5.54. The second kappa shape index (κ2) is 11.2. The summed E-state index contributed by atoms with van der Waals surface area (Å²) in [6.45, 7) is 2.82. The van der Waals surface area contributed by atoms with E-state index >= 15 is 0 Å². The Hall–Kier alpha value is -2.67. The molecule has 0 bridgehead atoms. The molecule has 3 aliphatic heterocycles. The van der Waals surface area contributed by atoms with E-state index in [4.69, 9.17) is 24.1 Å². The molecular weight excluding hydrogens is 495 g/mol. The fourth-order valence-electron chi connectivity index (χ4n) is 4.85. The van der Waals surface area contributed by atoms with Gasteiger partial charge >= 0.3 is 12.1 Å². The average Bonchev–Trinajstić information content (AvgIpc) is 2.79. The lowest BCUT2D eigenvalue weighted by molar-refractivity contribution is -0.192. The Morgan fingerprint density at radius 3 is 2.47 bits per heavy atom. The van der Waals surface area contributed by atoms with Crippen LogP contribution in [-0.4, -0.2) is 92.0 Å². The van der Waals surface area contributed by atoms with Crippen LogP contribution in [0.15, 0.2) is 18.2 Å². The van der Waals surface area contributed by atoms with Crippen molar-refractivity contribution in [3.05, 3.63) is 23.8 Å². The Kier molecular flexibility index (Phi) is 8.65. The Balaban J connectivity index is 0.000000454. The number of fused-ring (bicyclic) bond motifs is 1. The summed E-state index contributed by atoms with van der Waals surface area (Å²) in [6.07, 6.45) is -4.22. The van der Waals surface area contributed by atoms with Gasteiger partial charge in [-0.2, -0.15) is 13.2 Å². The first-order chi connectivity index (χ1) is 16.8. The molecule has 1 aromatic rings. The average molecular weight is 524 g/mol. The topological polar surface area (TPSA) is 88.5 Å². The first-order valence-electron chi connectivity index (χ1n) is 11.4. The van der Waals surface area contributed by atoms with E-state index in [2.05, 4.69) is 0 Å². The van der Waals surface area contributed by atoms with Gasteiger partial charge in [0.1, 0.15) is 13.2 Å². The number of amides is 1. The molecular formula is C23H29F5N2O6. The van der Waals surface area contributed by atoms with Crippen molar-refractivity contribution in [2.45, 2.75) is 37.9 Å². The monoisotopic (exact) mass is 524 g/mol. The number of ether oxygens (including phenoxy) is 3. The third-order valence-electron chi connectivity index (χ3n) is 6.22. The van der Waals surface area contributed by atoms with E-state index in [1.807, 2.05) is 18.2 Å². The van der Waals surface area contributed by atoms with Crippen molar-refractivity contribution in [2.75, 3.05) is 53.1 Å². The molecule has 3 aliphatic rings. The van der Waals surface area contributed by atoms with Gasteiger partial charge in [0.15, 0.2) is 11.5 Å². The first-order valence-corrected chi connectivity index (χ1v) is 11.4. The van der Waals surface area contributed by atoms with Crippen LogP contribution in [0, 0.1) is 5.41 Å². The van der Waals surface area contributed by atoms with Crippen molar-refractivity contribution in [3.63, 3.8) is 0 Å². The highest BCUT2D eigenvalue weighted by Crippen LogP contribution is 2.45. The largest absolute Gasteiger partial charge is 0.490 e. The number of carboxylic acids is 1. The number of carboxylic acid groups (broad SMARTS) is 1. The molecule has 0 aromatic heterocycles. The van der Waals surface area contributed by atoms with E-state index in [9.17, 15) is 26.7 Å². The Labute approximate surface area is 204 Å². The lowest BCUT2D eigenvalue weighted by Gasteiger charge is -2.49. The van der Waals surface area contributed by atoms with Crippen molar-refractivity contribution in [1.82, 2.24) is 9.80 Å². The SMILES string of the molecule is COCCN1CCCC2(CN(Cc3ccc4c(c3)OCCO4)CC(F)(F)C2)C1=O.O=C(O)C(F)(F)F. The molecule has 0 aliphatic carbocycles. The van der Waals surface area contributed by atoms with Gasteiger partial charge in [0.05, 0.1) is 18.6 Å². The smallest absolute Gasteiger partial charge is 0.486 e. The summed E-state index contributed by atoms with van der Waals surface area (Å²) in [5.41, 5.74) is -0.150. The number of piperidine rings is 2. The number of hydrogen-bond donors (Lipinski definition) is 1. The van der Waals surface area contributed by atoms with Crippen LogP contribution >= 0.6 is 0 Å². The van der Waals surface area contributed by atoms with Gasteiger partial charge in [0.2, 0.25) is 5.91 Å². The minimum atomic E-state index is -5.08. The van der Waals surface area contributed by atoms with Gasteiger partial charge in [-0.25, -0.2) is 13.6 Å². The molecule has 1 N–H and O–H groups in total. The van der Waals surface area contributed by atoms with E-state index in [1.54, 1.807) is 16.9 Å². The summed E-state index contributed by atoms with van der Waals surface area (Å²) < 4.78 is 77.4. The molecule has 8 nitrogen and oxygen atoms in total. The molecule has 0 radical (unpaired) electrons.